The lowest BCUT2D eigenvalue weighted by atomic mass is 9.33. The zero-order valence-electron chi connectivity index (χ0n) is 50.3. The van der Waals surface area contributed by atoms with Crippen LogP contribution in [0.25, 0.3) is 65.0 Å². The summed E-state index contributed by atoms with van der Waals surface area (Å²) in [7, 11) is 0. The van der Waals surface area contributed by atoms with E-state index in [4.69, 9.17) is 9.40 Å². The van der Waals surface area contributed by atoms with Crippen LogP contribution in [-0.2, 0) is 16.2 Å². The second-order valence-corrected chi connectivity index (χ2v) is 27.5. The van der Waals surface area contributed by atoms with E-state index in [2.05, 4.69) is 320 Å². The summed E-state index contributed by atoms with van der Waals surface area (Å²) in [5.41, 5.74) is 26.1. The second-order valence-electron chi connectivity index (χ2n) is 26.5. The maximum Gasteiger partial charge on any atom is 0.252 e. The van der Waals surface area contributed by atoms with Gasteiger partial charge >= 0.3 is 0 Å². The number of benzene rings is 11. The maximum absolute atomic E-state index is 6.68. The van der Waals surface area contributed by atoms with Crippen LogP contribution in [0.3, 0.4) is 0 Å². The van der Waals surface area contributed by atoms with Crippen molar-refractivity contribution in [3.8, 4) is 32.8 Å². The number of para-hydroxylation sites is 2. The van der Waals surface area contributed by atoms with Crippen molar-refractivity contribution >= 4 is 118 Å². The molecule has 0 fully saturated rings. The predicted molar refractivity (Wildman–Crippen MR) is 368 cm³/mol. The molecule has 4 heterocycles. The highest BCUT2D eigenvalue weighted by Crippen LogP contribution is 2.50. The van der Waals surface area contributed by atoms with Gasteiger partial charge in [0.25, 0.3) is 6.71 Å². The van der Waals surface area contributed by atoms with Crippen LogP contribution in [-0.4, -0.2) is 11.7 Å². The number of nitrogens with zero attached hydrogens (tertiary/aromatic N) is 4. The first-order valence-electron chi connectivity index (χ1n) is 30.1. The summed E-state index contributed by atoms with van der Waals surface area (Å²) in [6, 6.07) is 89.9. The van der Waals surface area contributed by atoms with Crippen molar-refractivity contribution in [2.75, 3.05) is 14.7 Å². The van der Waals surface area contributed by atoms with E-state index in [1.54, 1.807) is 11.3 Å². The molecule has 15 rings (SSSR count). The minimum atomic E-state index is -0.214. The molecule has 0 saturated carbocycles. The highest BCUT2D eigenvalue weighted by Gasteiger charge is 2.45. The van der Waals surface area contributed by atoms with E-state index in [9.17, 15) is 0 Å². The molecule has 5 nitrogen and oxygen atoms in total. The maximum atomic E-state index is 6.68. The monoisotopic (exact) mass is 1130 g/mol. The molecular weight excluding hydrogens is 1060 g/mol. The van der Waals surface area contributed by atoms with E-state index in [0.717, 1.165) is 88.1 Å². The van der Waals surface area contributed by atoms with E-state index in [0.29, 0.717) is 0 Å². The first-order valence-corrected chi connectivity index (χ1v) is 30.9. The fourth-order valence-corrected chi connectivity index (χ4v) is 14.0. The van der Waals surface area contributed by atoms with Gasteiger partial charge in [0.1, 0.15) is 16.2 Å². The van der Waals surface area contributed by atoms with Crippen molar-refractivity contribution in [2.24, 2.45) is 0 Å². The minimum absolute atomic E-state index is 0.0220. The third kappa shape index (κ3) is 9.19. The first-order chi connectivity index (χ1) is 41.5. The van der Waals surface area contributed by atoms with Gasteiger partial charge in [-0.3, -0.25) is 0 Å². The molecule has 0 spiro atoms. The number of fused-ring (bicyclic) bond motifs is 8. The van der Waals surface area contributed by atoms with Gasteiger partial charge in [-0.1, -0.05) is 202 Å². The fourth-order valence-electron chi connectivity index (χ4n) is 13.0. The normalized spacial score (nSPS) is 13.1. The molecular formula is C79H67BN4OS. The summed E-state index contributed by atoms with van der Waals surface area (Å²) < 4.78 is 7.82. The van der Waals surface area contributed by atoms with Crippen LogP contribution >= 0.6 is 11.3 Å². The lowest BCUT2D eigenvalue weighted by molar-refractivity contribution is 0.590. The number of hydrogen-bond donors (Lipinski definition) is 0. The van der Waals surface area contributed by atoms with Crippen molar-refractivity contribution in [2.45, 2.75) is 78.6 Å². The van der Waals surface area contributed by atoms with Crippen LogP contribution in [0.1, 0.15) is 79.0 Å². The van der Waals surface area contributed by atoms with Gasteiger partial charge in [0.15, 0.2) is 0 Å². The molecule has 0 atom stereocenters. The Kier molecular flexibility index (Phi) is 12.5. The molecule has 0 amide bonds. The zero-order chi connectivity index (χ0) is 58.8. The zero-order valence-corrected chi connectivity index (χ0v) is 51.1. The van der Waals surface area contributed by atoms with Crippen LogP contribution in [0.5, 0.6) is 0 Å². The lowest BCUT2D eigenvalue weighted by Gasteiger charge is -2.45. The highest BCUT2D eigenvalue weighted by atomic mass is 32.1. The van der Waals surface area contributed by atoms with Crippen LogP contribution in [0.15, 0.2) is 247 Å². The molecule has 0 unspecified atom stereocenters. The summed E-state index contributed by atoms with van der Waals surface area (Å²) in [6.45, 7) is 20.6. The Morgan fingerprint density at radius 1 is 0.384 bits per heavy atom. The summed E-state index contributed by atoms with van der Waals surface area (Å²) in [6.07, 6.45) is 0. The first kappa shape index (κ1) is 53.3. The van der Waals surface area contributed by atoms with Gasteiger partial charge < -0.3 is 19.1 Å². The molecule has 11 aromatic carbocycles. The molecule has 2 aliphatic heterocycles. The average Bonchev–Trinajstić information content (AvgIpc) is 0.802. The number of thiazole rings is 1. The van der Waals surface area contributed by atoms with Crippen molar-refractivity contribution in [3.05, 3.63) is 259 Å². The van der Waals surface area contributed by atoms with Gasteiger partial charge in [-0.2, -0.15) is 0 Å². The van der Waals surface area contributed by atoms with Gasteiger partial charge in [-0.05, 0) is 175 Å². The Morgan fingerprint density at radius 3 is 1.48 bits per heavy atom. The van der Waals surface area contributed by atoms with E-state index < -0.39 is 0 Å². The molecule has 0 bridgehead atoms. The van der Waals surface area contributed by atoms with Crippen molar-refractivity contribution in [1.29, 1.82) is 0 Å². The molecule has 0 saturated heterocycles. The predicted octanol–water partition coefficient (Wildman–Crippen LogP) is 20.6. The number of anilines is 9. The smallest absolute Gasteiger partial charge is 0.252 e. The van der Waals surface area contributed by atoms with Crippen LogP contribution < -0.4 is 31.1 Å². The Labute approximate surface area is 509 Å². The van der Waals surface area contributed by atoms with Gasteiger partial charge in [-0.25, -0.2) is 4.98 Å². The summed E-state index contributed by atoms with van der Waals surface area (Å²) >= 11 is 1.77. The molecule has 418 valence electrons. The van der Waals surface area contributed by atoms with E-state index in [1.807, 2.05) is 0 Å². The molecule has 0 aliphatic carbocycles. The Hall–Kier alpha value is -9.43. The van der Waals surface area contributed by atoms with Gasteiger partial charge in [0.05, 0.1) is 10.2 Å². The number of rotatable bonds is 8. The van der Waals surface area contributed by atoms with Crippen LogP contribution in [0, 0.1) is 0 Å². The Balaban J connectivity index is 0.978. The molecule has 7 heteroatoms. The summed E-state index contributed by atoms with van der Waals surface area (Å²) in [5.74, 6) is 0. The quantitative estimate of drug-likeness (QED) is 0.142. The summed E-state index contributed by atoms with van der Waals surface area (Å²) in [5, 5.41) is 3.17. The third-order valence-corrected chi connectivity index (χ3v) is 18.8. The van der Waals surface area contributed by atoms with Gasteiger partial charge in [0, 0.05) is 67.5 Å². The molecule has 0 radical (unpaired) electrons. The number of aromatic nitrogens is 1. The fraction of sp³-hybridized carbons (Fsp3) is 0.152. The number of hydrogen-bond acceptors (Lipinski definition) is 6. The lowest BCUT2D eigenvalue weighted by Crippen LogP contribution is -2.61. The molecule has 86 heavy (non-hydrogen) atoms. The minimum Gasteiger partial charge on any atom is -0.456 e. The van der Waals surface area contributed by atoms with Gasteiger partial charge in [0.2, 0.25) is 0 Å². The van der Waals surface area contributed by atoms with Crippen molar-refractivity contribution < 1.29 is 4.42 Å². The van der Waals surface area contributed by atoms with Gasteiger partial charge in [-0.15, -0.1) is 11.3 Å². The summed E-state index contributed by atoms with van der Waals surface area (Å²) in [4.78, 5) is 13.1. The van der Waals surface area contributed by atoms with Crippen LogP contribution in [0.4, 0.5) is 51.2 Å². The molecule has 2 aromatic heterocycles. The largest absolute Gasteiger partial charge is 0.456 e. The molecule has 13 aromatic rings. The van der Waals surface area contributed by atoms with Crippen molar-refractivity contribution in [1.82, 2.24) is 4.98 Å². The number of furan rings is 1. The SMILES string of the molecule is CC(C)(C)c1ccc(-c2ccc(-c3nc4cc5c(cc4s3)N(c3ccc4oc6ccc(-c7ccccc7)cc6c4c3)c3cc(C(C)(C)C)cc4c3B5c3ccc(N(c5ccccc5)c5ccccc5)cc3N4c3ccc(C(C)(C)C)cc3)cc2)cc1. The van der Waals surface area contributed by atoms with Crippen LogP contribution in [0.2, 0.25) is 0 Å². The van der Waals surface area contributed by atoms with E-state index in [1.165, 1.54) is 61.1 Å². The Bertz CT molecular complexity index is 4700. The van der Waals surface area contributed by atoms with E-state index in [-0.39, 0.29) is 23.0 Å². The standard InChI is InChI=1S/C79H67BN4OS/c1-77(2,3)55-32-29-52(30-33-55)51-25-27-53(28-26-51)76-81-67-48-66-69(49-74(67)86-76)84(61-39-42-73-64(46-61)63-43-54(31-41-72(63)85-73)50-19-13-10-14-20-50)71-45-57(79(7,8)9)44-70-75(71)80(66)65-40-38-62(82(58-21-15-11-16-22-58)59-23-17-12-18-24-59)47-68(65)83(70)60-36-34-56(35-37-60)78(4,5)6/h10-49H,1-9H3. The van der Waals surface area contributed by atoms with Crippen molar-refractivity contribution in [3.63, 3.8) is 0 Å². The average molecular weight is 1130 g/mol. The topological polar surface area (TPSA) is 35.8 Å². The highest BCUT2D eigenvalue weighted by molar-refractivity contribution is 7.21. The third-order valence-electron chi connectivity index (χ3n) is 17.7. The molecule has 0 N–H and O–H groups in total. The van der Waals surface area contributed by atoms with E-state index >= 15 is 0 Å². The second kappa shape index (κ2) is 20.1. The molecule has 2 aliphatic rings. The Morgan fingerprint density at radius 2 is 0.872 bits per heavy atom.